The first-order valence-electron chi connectivity index (χ1n) is 9.51. The summed E-state index contributed by atoms with van der Waals surface area (Å²) in [6.45, 7) is 1.95. The van der Waals surface area contributed by atoms with Crippen LogP contribution in [0.4, 0.5) is 18.9 Å². The number of aryl methyl sites for hydroxylation is 1. The van der Waals surface area contributed by atoms with Gasteiger partial charge in [0.15, 0.2) is 0 Å². The molecular weight excluding hydrogens is 403 g/mol. The van der Waals surface area contributed by atoms with Crippen molar-refractivity contribution in [3.05, 3.63) is 102 Å². The Morgan fingerprint density at radius 2 is 1.74 bits per heavy atom. The highest BCUT2D eigenvalue weighted by atomic mass is 19.4. The predicted octanol–water partition coefficient (Wildman–Crippen LogP) is 6.12. The second-order valence-corrected chi connectivity index (χ2v) is 7.06. The highest BCUT2D eigenvalue weighted by Crippen LogP contribution is 2.30. The number of hydrogen-bond donors (Lipinski definition) is 1. The molecule has 156 valence electrons. The lowest BCUT2D eigenvalue weighted by Gasteiger charge is -2.12. The van der Waals surface area contributed by atoms with E-state index >= 15 is 0 Å². The summed E-state index contributed by atoms with van der Waals surface area (Å²) in [6, 6.07) is 19.4. The standard InChI is InChI=1S/C24H18F3N3O/c1-16-6-9-20(29-23(31)18-4-2-5-19(14-18)24(25,26)27)15-22(16)17-7-10-21(11-8-17)30-13-3-12-28-30/h2-15H,1H3,(H,29,31). The second kappa shape index (κ2) is 8.10. The molecular formula is C24H18F3N3O. The molecule has 4 rings (SSSR count). The first kappa shape index (κ1) is 20.4. The molecule has 0 aliphatic heterocycles. The van der Waals surface area contributed by atoms with Crippen molar-refractivity contribution in [3.8, 4) is 16.8 Å². The molecule has 0 fully saturated rings. The van der Waals surface area contributed by atoms with Crippen molar-refractivity contribution in [1.29, 1.82) is 0 Å². The lowest BCUT2D eigenvalue weighted by molar-refractivity contribution is -0.137. The number of benzene rings is 3. The van der Waals surface area contributed by atoms with Gasteiger partial charge in [-0.2, -0.15) is 18.3 Å². The van der Waals surface area contributed by atoms with Crippen LogP contribution in [0.1, 0.15) is 21.5 Å². The quantitative estimate of drug-likeness (QED) is 0.432. The number of halogens is 3. The summed E-state index contributed by atoms with van der Waals surface area (Å²) in [4.78, 5) is 12.5. The van der Waals surface area contributed by atoms with Crippen molar-refractivity contribution in [2.45, 2.75) is 13.1 Å². The van der Waals surface area contributed by atoms with Crippen LogP contribution in [0.3, 0.4) is 0 Å². The summed E-state index contributed by atoms with van der Waals surface area (Å²) in [7, 11) is 0. The van der Waals surface area contributed by atoms with Crippen molar-refractivity contribution in [2.75, 3.05) is 5.32 Å². The zero-order valence-corrected chi connectivity index (χ0v) is 16.5. The van der Waals surface area contributed by atoms with Crippen LogP contribution in [0, 0.1) is 6.92 Å². The molecule has 7 heteroatoms. The van der Waals surface area contributed by atoms with E-state index < -0.39 is 17.6 Å². The van der Waals surface area contributed by atoms with Crippen LogP contribution in [-0.2, 0) is 6.18 Å². The van der Waals surface area contributed by atoms with Gasteiger partial charge in [-0.25, -0.2) is 4.68 Å². The maximum atomic E-state index is 12.9. The monoisotopic (exact) mass is 421 g/mol. The van der Waals surface area contributed by atoms with Gasteiger partial charge >= 0.3 is 6.18 Å². The molecule has 0 radical (unpaired) electrons. The van der Waals surface area contributed by atoms with E-state index in [0.717, 1.165) is 34.5 Å². The molecule has 0 unspecified atom stereocenters. The molecule has 1 heterocycles. The van der Waals surface area contributed by atoms with Gasteiger partial charge in [-0.3, -0.25) is 4.79 Å². The molecule has 4 nitrogen and oxygen atoms in total. The summed E-state index contributed by atoms with van der Waals surface area (Å²) in [5.74, 6) is -0.602. The molecule has 3 aromatic carbocycles. The molecule has 0 saturated carbocycles. The largest absolute Gasteiger partial charge is 0.416 e. The predicted molar refractivity (Wildman–Crippen MR) is 113 cm³/mol. The Hall–Kier alpha value is -3.87. The number of anilines is 1. The van der Waals surface area contributed by atoms with Crippen molar-refractivity contribution < 1.29 is 18.0 Å². The molecule has 0 aliphatic carbocycles. The number of nitrogens with zero attached hydrogens (tertiary/aromatic N) is 2. The Kier molecular flexibility index (Phi) is 5.33. The van der Waals surface area contributed by atoms with Gasteiger partial charge in [-0.1, -0.05) is 24.3 Å². The Morgan fingerprint density at radius 3 is 2.42 bits per heavy atom. The normalized spacial score (nSPS) is 11.4. The van der Waals surface area contributed by atoms with E-state index in [4.69, 9.17) is 0 Å². The average Bonchev–Trinajstić information content (AvgIpc) is 3.30. The van der Waals surface area contributed by atoms with Crippen LogP contribution in [0.25, 0.3) is 16.8 Å². The van der Waals surface area contributed by atoms with E-state index in [9.17, 15) is 18.0 Å². The highest BCUT2D eigenvalue weighted by Gasteiger charge is 2.30. The molecule has 1 aromatic heterocycles. The second-order valence-electron chi connectivity index (χ2n) is 7.06. The molecule has 1 amide bonds. The molecule has 0 atom stereocenters. The fourth-order valence-electron chi connectivity index (χ4n) is 3.27. The SMILES string of the molecule is Cc1ccc(NC(=O)c2cccc(C(F)(F)F)c2)cc1-c1ccc(-n2cccn2)cc1. The van der Waals surface area contributed by atoms with E-state index in [0.29, 0.717) is 5.69 Å². The van der Waals surface area contributed by atoms with Crippen LogP contribution >= 0.6 is 0 Å². The van der Waals surface area contributed by atoms with Crippen LogP contribution in [0.15, 0.2) is 85.2 Å². The third-order valence-electron chi connectivity index (χ3n) is 4.89. The Labute approximate surface area is 177 Å². The summed E-state index contributed by atoms with van der Waals surface area (Å²) in [5.41, 5.74) is 3.36. The number of rotatable bonds is 4. The minimum Gasteiger partial charge on any atom is -0.322 e. The first-order chi connectivity index (χ1) is 14.8. The number of nitrogens with one attached hydrogen (secondary N) is 1. The van der Waals surface area contributed by atoms with E-state index in [2.05, 4.69) is 10.4 Å². The number of aromatic nitrogens is 2. The lowest BCUT2D eigenvalue weighted by atomic mass is 9.99. The van der Waals surface area contributed by atoms with E-state index in [1.54, 1.807) is 16.9 Å². The van der Waals surface area contributed by atoms with E-state index in [-0.39, 0.29) is 5.56 Å². The minimum absolute atomic E-state index is 0.0551. The third kappa shape index (κ3) is 4.50. The number of carbonyl (C=O) groups is 1. The summed E-state index contributed by atoms with van der Waals surface area (Å²) in [5, 5.41) is 6.89. The van der Waals surface area contributed by atoms with E-state index in [1.165, 1.54) is 12.1 Å². The van der Waals surface area contributed by atoms with Crippen LogP contribution in [0.2, 0.25) is 0 Å². The van der Waals surface area contributed by atoms with Gasteiger partial charge in [0, 0.05) is 23.6 Å². The molecule has 0 aliphatic rings. The van der Waals surface area contributed by atoms with Crippen molar-refractivity contribution in [3.63, 3.8) is 0 Å². The number of amides is 1. The highest BCUT2D eigenvalue weighted by molar-refractivity contribution is 6.04. The van der Waals surface area contributed by atoms with Crippen LogP contribution in [-0.4, -0.2) is 15.7 Å². The topological polar surface area (TPSA) is 46.9 Å². The summed E-state index contributed by atoms with van der Waals surface area (Å²) < 4.78 is 40.5. The smallest absolute Gasteiger partial charge is 0.322 e. The van der Waals surface area contributed by atoms with Gasteiger partial charge in [-0.05, 0) is 72.1 Å². The Morgan fingerprint density at radius 1 is 0.968 bits per heavy atom. The minimum atomic E-state index is -4.50. The molecule has 4 aromatic rings. The third-order valence-corrected chi connectivity index (χ3v) is 4.89. The maximum absolute atomic E-state index is 12.9. The fourth-order valence-corrected chi connectivity index (χ4v) is 3.27. The van der Waals surface area contributed by atoms with Gasteiger partial charge < -0.3 is 5.32 Å². The van der Waals surface area contributed by atoms with E-state index in [1.807, 2.05) is 55.6 Å². The number of alkyl halides is 3. The van der Waals surface area contributed by atoms with Crippen LogP contribution < -0.4 is 5.32 Å². The fraction of sp³-hybridized carbons (Fsp3) is 0.0833. The van der Waals surface area contributed by atoms with Crippen molar-refractivity contribution in [1.82, 2.24) is 9.78 Å². The van der Waals surface area contributed by atoms with Crippen molar-refractivity contribution in [2.24, 2.45) is 0 Å². The molecule has 31 heavy (non-hydrogen) atoms. The number of hydrogen-bond acceptors (Lipinski definition) is 2. The van der Waals surface area contributed by atoms with Crippen LogP contribution in [0.5, 0.6) is 0 Å². The Balaban J connectivity index is 1.58. The lowest BCUT2D eigenvalue weighted by Crippen LogP contribution is -2.14. The number of carbonyl (C=O) groups excluding carboxylic acids is 1. The maximum Gasteiger partial charge on any atom is 0.416 e. The van der Waals surface area contributed by atoms with Gasteiger partial charge in [0.2, 0.25) is 0 Å². The summed E-state index contributed by atoms with van der Waals surface area (Å²) >= 11 is 0. The zero-order chi connectivity index (χ0) is 22.0. The molecule has 0 saturated heterocycles. The Bertz CT molecular complexity index is 1210. The summed E-state index contributed by atoms with van der Waals surface area (Å²) in [6.07, 6.45) is -0.950. The average molecular weight is 421 g/mol. The van der Waals surface area contributed by atoms with Gasteiger partial charge in [-0.15, -0.1) is 0 Å². The van der Waals surface area contributed by atoms with Gasteiger partial charge in [0.05, 0.1) is 11.3 Å². The van der Waals surface area contributed by atoms with Gasteiger partial charge in [0.1, 0.15) is 0 Å². The first-order valence-corrected chi connectivity index (χ1v) is 9.51. The molecule has 1 N–H and O–H groups in total. The molecule has 0 spiro atoms. The zero-order valence-electron chi connectivity index (χ0n) is 16.5. The van der Waals surface area contributed by atoms with Crippen molar-refractivity contribution >= 4 is 11.6 Å². The molecule has 0 bridgehead atoms. The van der Waals surface area contributed by atoms with Gasteiger partial charge in [0.25, 0.3) is 5.91 Å².